The van der Waals surface area contributed by atoms with Gasteiger partial charge < -0.3 is 5.32 Å². The van der Waals surface area contributed by atoms with Crippen LogP contribution in [0.1, 0.15) is 30.2 Å². The summed E-state index contributed by atoms with van der Waals surface area (Å²) in [6, 6.07) is -19.3. The van der Waals surface area contributed by atoms with E-state index in [9.17, 15) is 0 Å². The van der Waals surface area contributed by atoms with Crippen molar-refractivity contribution in [3.63, 3.8) is 0 Å². The van der Waals surface area contributed by atoms with Gasteiger partial charge in [-0.15, -0.1) is 0 Å². The molecule has 0 amide bonds. The zero-order chi connectivity index (χ0) is 40.0. The quantitative estimate of drug-likeness (QED) is 0.301. The van der Waals surface area contributed by atoms with Gasteiger partial charge in [0, 0.05) is 16.9 Å². The lowest BCUT2D eigenvalue weighted by molar-refractivity contribution is 1.52. The van der Waals surface area contributed by atoms with E-state index in [1.54, 1.807) is 0 Å². The predicted molar refractivity (Wildman–Crippen MR) is 132 cm³/mol. The second kappa shape index (κ2) is 8.73. The maximum absolute atomic E-state index is 8.93. The summed E-state index contributed by atoms with van der Waals surface area (Å²) in [6.45, 7) is 0. The molecule has 5 rings (SSSR count). The van der Waals surface area contributed by atoms with Gasteiger partial charge in [0.2, 0.25) is 0 Å². The monoisotopic (exact) mass is 419 g/mol. The number of nitrogens with one attached hydrogen (secondary N) is 1. The highest BCUT2D eigenvalue weighted by Gasteiger charge is 2.07. The molecule has 0 aliphatic rings. The Bertz CT molecular complexity index is 2370. The van der Waals surface area contributed by atoms with E-state index >= 15 is 0 Å². The summed E-state index contributed by atoms with van der Waals surface area (Å²) in [7, 11) is 0. The summed E-state index contributed by atoms with van der Waals surface area (Å²) in [4.78, 5) is 0. The number of hydrogen-bond acceptors (Lipinski definition) is 1. The zero-order valence-corrected chi connectivity index (χ0v) is 15.5. The van der Waals surface area contributed by atoms with Crippen LogP contribution in [0.5, 0.6) is 0 Å². The van der Waals surface area contributed by atoms with Crippen molar-refractivity contribution in [3.05, 3.63) is 133 Å². The molecule has 0 atom stereocenters. The molecule has 0 spiro atoms. The van der Waals surface area contributed by atoms with Crippen molar-refractivity contribution in [1.82, 2.24) is 0 Å². The third-order valence-corrected chi connectivity index (χ3v) is 3.94. The van der Waals surface area contributed by atoms with Gasteiger partial charge in [0.05, 0.1) is 30.2 Å². The van der Waals surface area contributed by atoms with Crippen molar-refractivity contribution in [2.75, 3.05) is 5.32 Å². The molecule has 0 aliphatic carbocycles. The number of anilines is 2. The molecule has 0 aliphatic heterocycles. The van der Waals surface area contributed by atoms with Crippen LogP contribution < -0.4 is 5.32 Å². The first-order valence-corrected chi connectivity index (χ1v) is 8.75. The number of hydrogen-bond donors (Lipinski definition) is 1. The van der Waals surface area contributed by atoms with E-state index in [1.165, 1.54) is 0 Å². The summed E-state index contributed by atoms with van der Waals surface area (Å²) in [6.07, 6.45) is 0. The van der Waals surface area contributed by atoms with Gasteiger partial charge in [-0.3, -0.25) is 0 Å². The topological polar surface area (TPSA) is 12.0 Å². The molecule has 1 N–H and O–H groups in total. The van der Waals surface area contributed by atoms with E-state index < -0.39 is 178 Å². The van der Waals surface area contributed by atoms with E-state index in [4.69, 9.17) is 30.2 Å². The summed E-state index contributed by atoms with van der Waals surface area (Å²) in [5, 5.41) is 2.46. The number of benzene rings is 5. The second-order valence-corrected chi connectivity index (χ2v) is 5.88. The molecule has 0 fully saturated rings. The normalized spacial score (nSPS) is 20.5. The van der Waals surface area contributed by atoms with Crippen LogP contribution in [0.2, 0.25) is 0 Å². The number of rotatable bonds is 5. The molecule has 0 heterocycles. The first-order valence-electron chi connectivity index (χ1n) is 19.8. The summed E-state index contributed by atoms with van der Waals surface area (Å²) in [5.41, 5.74) is -5.71. The molecule has 148 valence electrons. The highest BCUT2D eigenvalue weighted by molar-refractivity contribution is 5.83. The second-order valence-electron chi connectivity index (χ2n) is 5.88. The van der Waals surface area contributed by atoms with Crippen molar-refractivity contribution in [2.45, 2.75) is 0 Å². The molecule has 1 heteroatoms. The molecule has 0 bridgehead atoms. The Balaban J connectivity index is 1.88. The van der Waals surface area contributed by atoms with Crippen LogP contribution in [0.3, 0.4) is 0 Å². The largest absolute Gasteiger partial charge is 0.355 e. The van der Waals surface area contributed by atoms with Crippen LogP contribution in [-0.4, -0.2) is 0 Å². The minimum Gasteiger partial charge on any atom is -0.355 e. The van der Waals surface area contributed by atoms with Crippen LogP contribution in [0, 0.1) is 0 Å². The Hall–Kier alpha value is -4.10. The van der Waals surface area contributed by atoms with Gasteiger partial charge >= 0.3 is 0 Å². The van der Waals surface area contributed by atoms with Crippen LogP contribution >= 0.6 is 0 Å². The molecular weight excluding hydrogens is 374 g/mol. The molecular formula is C30H23N. The molecule has 0 saturated carbocycles. The molecule has 31 heavy (non-hydrogen) atoms. The van der Waals surface area contributed by atoms with Gasteiger partial charge in [-0.25, -0.2) is 0 Å². The Morgan fingerprint density at radius 3 is 1.65 bits per heavy atom. The van der Waals surface area contributed by atoms with E-state index in [-0.39, 0.29) is 0 Å². The Labute approximate surface area is 214 Å². The first kappa shape index (κ1) is 6.45. The average molecular weight is 420 g/mol. The van der Waals surface area contributed by atoms with Gasteiger partial charge in [-0.1, -0.05) is 115 Å². The lowest BCUT2D eigenvalue weighted by atomic mass is 9.99. The minimum atomic E-state index is -0.972. The van der Waals surface area contributed by atoms with Crippen molar-refractivity contribution in [3.8, 4) is 33.4 Å². The zero-order valence-electron chi connectivity index (χ0n) is 37.5. The van der Waals surface area contributed by atoms with Gasteiger partial charge in [-0.2, -0.15) is 0 Å². The molecule has 0 radical (unpaired) electrons. The first-order chi connectivity index (χ1) is 24.5. The van der Waals surface area contributed by atoms with Crippen LogP contribution in [0.4, 0.5) is 11.4 Å². The Morgan fingerprint density at radius 2 is 0.935 bits per heavy atom. The Morgan fingerprint density at radius 1 is 0.419 bits per heavy atom. The van der Waals surface area contributed by atoms with E-state index in [2.05, 4.69) is 5.32 Å². The van der Waals surface area contributed by atoms with E-state index in [1.807, 2.05) is 0 Å². The van der Waals surface area contributed by atoms with Crippen molar-refractivity contribution in [2.24, 2.45) is 0 Å². The Kier molecular flexibility index (Phi) is 1.81. The SMILES string of the molecule is [2H]c1c([2H])c([2H])c(-c2c([2H])c([2H])c(-c3c([2H])c([2H])c([2H])c([2H])c3Nc3c([2H])c([2H])c([2H])c(-c4c([2H])c([2H])c([2H])c([2H])c4[2H])c3[2H])c([2H])c2[2H])c([2H])c1[2H]. The van der Waals surface area contributed by atoms with Gasteiger partial charge in [0.15, 0.2) is 0 Å². The molecule has 1 nitrogen and oxygen atoms in total. The highest BCUT2D eigenvalue weighted by atomic mass is 14.9. The molecule has 5 aromatic rings. The maximum atomic E-state index is 8.93. The fourth-order valence-electron chi connectivity index (χ4n) is 2.56. The average Bonchev–Trinajstić information content (AvgIpc) is 3.13. The van der Waals surface area contributed by atoms with Crippen LogP contribution in [0.25, 0.3) is 33.4 Å². The standard InChI is InChI=1S/C30H23N/c1-3-10-23(11-4-1)25-18-20-26(21-19-25)29-16-7-8-17-30(29)31-28-15-9-14-27(22-28)24-12-5-2-6-13-24/h1-22,31H/i1D,2D,3D,4D,5D,6D,7D,8D,9D,10D,11D,12D,13D,14D,15D,16D,17D,18D,19D,20D,21D,22D. The van der Waals surface area contributed by atoms with Crippen LogP contribution in [0.15, 0.2) is 133 Å². The van der Waals surface area contributed by atoms with Gasteiger partial charge in [-0.05, 0) is 45.9 Å². The van der Waals surface area contributed by atoms with E-state index in [0.717, 1.165) is 0 Å². The highest BCUT2D eigenvalue weighted by Crippen LogP contribution is 2.33. The van der Waals surface area contributed by atoms with Gasteiger partial charge in [0.25, 0.3) is 0 Å². The summed E-state index contributed by atoms with van der Waals surface area (Å²) < 4.78 is 185. The predicted octanol–water partition coefficient (Wildman–Crippen LogP) is 8.43. The molecule has 5 aromatic carbocycles. The van der Waals surface area contributed by atoms with Gasteiger partial charge in [0.1, 0.15) is 0 Å². The fraction of sp³-hybridized carbons (Fsp3) is 0. The minimum absolute atomic E-state index is 0.663. The van der Waals surface area contributed by atoms with E-state index in [0.29, 0.717) is 0 Å². The third kappa shape index (κ3) is 4.26. The lowest BCUT2D eigenvalue weighted by Gasteiger charge is -2.14. The third-order valence-electron chi connectivity index (χ3n) is 3.94. The fourth-order valence-corrected chi connectivity index (χ4v) is 2.56. The summed E-state index contributed by atoms with van der Waals surface area (Å²) >= 11 is 0. The molecule has 0 saturated heterocycles. The van der Waals surface area contributed by atoms with Crippen molar-refractivity contribution < 1.29 is 30.2 Å². The van der Waals surface area contributed by atoms with Crippen molar-refractivity contribution >= 4 is 11.4 Å². The van der Waals surface area contributed by atoms with Crippen LogP contribution in [-0.2, 0) is 0 Å². The molecule has 0 unspecified atom stereocenters. The van der Waals surface area contributed by atoms with Crippen molar-refractivity contribution in [1.29, 1.82) is 0 Å². The lowest BCUT2D eigenvalue weighted by Crippen LogP contribution is -1.93. The summed E-state index contributed by atoms with van der Waals surface area (Å²) in [5.74, 6) is 0. The number of para-hydroxylation sites is 1. The molecule has 0 aromatic heterocycles. The smallest absolute Gasteiger partial charge is 0.0651 e. The maximum Gasteiger partial charge on any atom is 0.0651 e.